The summed E-state index contributed by atoms with van der Waals surface area (Å²) in [5, 5.41) is 3.85. The predicted molar refractivity (Wildman–Crippen MR) is 202 cm³/mol. The van der Waals surface area contributed by atoms with Crippen LogP contribution in [0.4, 0.5) is 0 Å². The minimum Gasteiger partial charge on any atom is -0.461 e. The van der Waals surface area contributed by atoms with Crippen LogP contribution in [-0.2, 0) is 32.3 Å². The van der Waals surface area contributed by atoms with Gasteiger partial charge in [-0.3, -0.25) is 19.2 Å². The molecule has 4 aromatic rings. The third kappa shape index (κ3) is 12.1. The van der Waals surface area contributed by atoms with E-state index in [4.69, 9.17) is 10.5 Å². The zero-order valence-corrected chi connectivity index (χ0v) is 30.2. The first-order chi connectivity index (χ1) is 24.8. The number of amides is 3. The lowest BCUT2D eigenvalue weighted by molar-refractivity contribution is -0.145. The Bertz CT molecular complexity index is 1690. The number of para-hydroxylation sites is 1. The van der Waals surface area contributed by atoms with Gasteiger partial charge in [0.25, 0.3) is 5.91 Å². The average molecular weight is 695 g/mol. The molecular formula is C42H54N4O5. The van der Waals surface area contributed by atoms with Crippen LogP contribution in [0.25, 0.3) is 10.9 Å². The Morgan fingerprint density at radius 2 is 1.45 bits per heavy atom. The summed E-state index contributed by atoms with van der Waals surface area (Å²) in [7, 11) is 0. The van der Waals surface area contributed by atoms with Crippen molar-refractivity contribution in [3.05, 3.63) is 108 Å². The highest BCUT2D eigenvalue weighted by Crippen LogP contribution is 2.24. The molecule has 0 radical (unpaired) electrons. The number of hydrogen-bond acceptors (Lipinski definition) is 5. The molecule has 0 spiro atoms. The molecule has 0 aliphatic rings. The Labute approximate surface area is 302 Å². The Kier molecular flexibility index (Phi) is 15.8. The van der Waals surface area contributed by atoms with Crippen molar-refractivity contribution in [1.29, 1.82) is 0 Å². The van der Waals surface area contributed by atoms with Crippen LogP contribution in [0.5, 0.6) is 0 Å². The van der Waals surface area contributed by atoms with E-state index >= 15 is 0 Å². The molecule has 272 valence electrons. The van der Waals surface area contributed by atoms with E-state index in [2.05, 4.69) is 19.2 Å². The number of ether oxygens (including phenoxy) is 1. The third-order valence-electron chi connectivity index (χ3n) is 9.25. The Balaban J connectivity index is 1.58. The number of nitrogens with one attached hydrogen (secondary N) is 1. The van der Waals surface area contributed by atoms with Gasteiger partial charge in [0.15, 0.2) is 0 Å². The standard InChI is InChI=1S/C42H54N4O5/c1-3-5-7-14-22-34(28-39(43)47)46(27-6-4-2)42(50)37(24-17-26-40(48)51-31-33-20-12-9-13-21-33)44-41(49)36-30-45(29-32-18-10-8-11-19-32)38-25-16-15-23-35(36)38/h8-13,15-16,18-21,23,25,30,34,37H,3-7,14,17,22,24,26-29,31H2,1-2H3,(H2,43,47)(H,44,49)/t34-,37-/m0/s1. The van der Waals surface area contributed by atoms with Crippen molar-refractivity contribution in [2.45, 2.75) is 110 Å². The molecule has 0 aliphatic heterocycles. The number of aromatic nitrogens is 1. The van der Waals surface area contributed by atoms with Gasteiger partial charge in [0.2, 0.25) is 11.8 Å². The van der Waals surface area contributed by atoms with Crippen LogP contribution >= 0.6 is 0 Å². The Morgan fingerprint density at radius 1 is 0.784 bits per heavy atom. The molecule has 3 N–H and O–H groups in total. The van der Waals surface area contributed by atoms with Gasteiger partial charge in [0.05, 0.1) is 5.56 Å². The van der Waals surface area contributed by atoms with E-state index in [1.54, 1.807) is 4.90 Å². The molecule has 1 heterocycles. The van der Waals surface area contributed by atoms with Crippen LogP contribution in [0.1, 0.15) is 106 Å². The maximum Gasteiger partial charge on any atom is 0.306 e. The second kappa shape index (κ2) is 20.7. The average Bonchev–Trinajstić information content (AvgIpc) is 3.50. The second-order valence-electron chi connectivity index (χ2n) is 13.3. The van der Waals surface area contributed by atoms with Crippen LogP contribution in [-0.4, -0.2) is 51.8 Å². The van der Waals surface area contributed by atoms with E-state index in [1.807, 2.05) is 95.7 Å². The molecule has 51 heavy (non-hydrogen) atoms. The fourth-order valence-corrected chi connectivity index (χ4v) is 6.50. The first kappa shape index (κ1) is 38.9. The molecule has 9 nitrogen and oxygen atoms in total. The highest BCUT2D eigenvalue weighted by Gasteiger charge is 2.32. The lowest BCUT2D eigenvalue weighted by Crippen LogP contribution is -2.53. The SMILES string of the molecule is CCCCCC[C@@H](CC(N)=O)N(CCCC)C(=O)[C@H](CCCC(=O)OCc1ccccc1)NC(=O)c1cn(Cc2ccccc2)c2ccccc12. The molecule has 4 rings (SSSR count). The van der Waals surface area contributed by atoms with Gasteiger partial charge < -0.3 is 25.3 Å². The zero-order chi connectivity index (χ0) is 36.4. The molecule has 9 heteroatoms. The van der Waals surface area contributed by atoms with E-state index < -0.39 is 11.9 Å². The number of nitrogens with two attached hydrogens (primary N) is 1. The minimum absolute atomic E-state index is 0.0566. The van der Waals surface area contributed by atoms with Crippen molar-refractivity contribution in [2.75, 3.05) is 6.54 Å². The Hall–Kier alpha value is -4.92. The highest BCUT2D eigenvalue weighted by atomic mass is 16.5. The number of esters is 1. The zero-order valence-electron chi connectivity index (χ0n) is 30.2. The van der Waals surface area contributed by atoms with Gasteiger partial charge >= 0.3 is 5.97 Å². The number of benzene rings is 3. The molecular weight excluding hydrogens is 640 g/mol. The molecule has 2 atom stereocenters. The number of nitrogens with zero attached hydrogens (tertiary/aromatic N) is 2. The predicted octanol–water partition coefficient (Wildman–Crippen LogP) is 7.54. The number of carbonyl (C=O) groups excluding carboxylic acids is 4. The number of rotatable bonds is 22. The first-order valence-corrected chi connectivity index (χ1v) is 18.5. The monoisotopic (exact) mass is 694 g/mol. The lowest BCUT2D eigenvalue weighted by Gasteiger charge is -2.34. The molecule has 3 aromatic carbocycles. The quantitative estimate of drug-likeness (QED) is 0.0650. The molecule has 0 fully saturated rings. The summed E-state index contributed by atoms with van der Waals surface area (Å²) >= 11 is 0. The molecule has 0 saturated heterocycles. The summed E-state index contributed by atoms with van der Waals surface area (Å²) in [6.45, 7) is 5.40. The van der Waals surface area contributed by atoms with Gasteiger partial charge in [-0.05, 0) is 42.9 Å². The van der Waals surface area contributed by atoms with E-state index in [-0.39, 0.29) is 49.7 Å². The maximum absolute atomic E-state index is 14.6. The van der Waals surface area contributed by atoms with E-state index in [9.17, 15) is 19.2 Å². The molecule has 0 aliphatic carbocycles. The highest BCUT2D eigenvalue weighted by molar-refractivity contribution is 6.08. The van der Waals surface area contributed by atoms with Gasteiger partial charge in [-0.25, -0.2) is 0 Å². The summed E-state index contributed by atoms with van der Waals surface area (Å²) < 4.78 is 7.54. The van der Waals surface area contributed by atoms with Gasteiger partial charge in [0, 0.05) is 49.1 Å². The van der Waals surface area contributed by atoms with Crippen molar-refractivity contribution < 1.29 is 23.9 Å². The van der Waals surface area contributed by atoms with E-state index in [0.717, 1.165) is 60.6 Å². The normalized spacial score (nSPS) is 12.3. The van der Waals surface area contributed by atoms with E-state index in [1.165, 1.54) is 0 Å². The number of fused-ring (bicyclic) bond motifs is 1. The van der Waals surface area contributed by atoms with Gasteiger partial charge in [0.1, 0.15) is 12.6 Å². The van der Waals surface area contributed by atoms with Crippen molar-refractivity contribution >= 4 is 34.6 Å². The van der Waals surface area contributed by atoms with Crippen LogP contribution in [0, 0.1) is 0 Å². The minimum atomic E-state index is -0.918. The summed E-state index contributed by atoms with van der Waals surface area (Å²) in [6.07, 6.45) is 8.82. The molecule has 0 bridgehead atoms. The van der Waals surface area contributed by atoms with Crippen molar-refractivity contribution in [1.82, 2.24) is 14.8 Å². The number of carbonyl (C=O) groups is 4. The topological polar surface area (TPSA) is 124 Å². The van der Waals surface area contributed by atoms with E-state index in [0.29, 0.717) is 31.5 Å². The fraction of sp³-hybridized carbons (Fsp3) is 0.429. The van der Waals surface area contributed by atoms with Crippen LogP contribution in [0.15, 0.2) is 91.1 Å². The molecule has 0 unspecified atom stereocenters. The van der Waals surface area contributed by atoms with Crippen molar-refractivity contribution in [3.8, 4) is 0 Å². The summed E-state index contributed by atoms with van der Waals surface area (Å²) in [4.78, 5) is 55.5. The largest absolute Gasteiger partial charge is 0.461 e. The number of unbranched alkanes of at least 4 members (excludes halogenated alkanes) is 4. The maximum atomic E-state index is 14.6. The van der Waals surface area contributed by atoms with Gasteiger partial charge in [-0.2, -0.15) is 0 Å². The van der Waals surface area contributed by atoms with Crippen LogP contribution < -0.4 is 11.1 Å². The van der Waals surface area contributed by atoms with Crippen molar-refractivity contribution in [3.63, 3.8) is 0 Å². The molecule has 1 aromatic heterocycles. The summed E-state index contributed by atoms with van der Waals surface area (Å²) in [6, 6.07) is 26.0. The number of primary amides is 1. The third-order valence-corrected chi connectivity index (χ3v) is 9.25. The second-order valence-corrected chi connectivity index (χ2v) is 13.3. The van der Waals surface area contributed by atoms with Crippen LogP contribution in [0.3, 0.4) is 0 Å². The van der Waals surface area contributed by atoms with Crippen molar-refractivity contribution in [2.24, 2.45) is 5.73 Å². The lowest BCUT2D eigenvalue weighted by atomic mass is 9.99. The molecule has 3 amide bonds. The first-order valence-electron chi connectivity index (χ1n) is 18.5. The molecule has 0 saturated carbocycles. The van der Waals surface area contributed by atoms with Gasteiger partial charge in [-0.1, -0.05) is 125 Å². The summed E-state index contributed by atoms with van der Waals surface area (Å²) in [5.41, 5.74) is 9.09. The van der Waals surface area contributed by atoms with Gasteiger partial charge in [-0.15, -0.1) is 0 Å². The van der Waals surface area contributed by atoms with Crippen LogP contribution in [0.2, 0.25) is 0 Å². The fourth-order valence-electron chi connectivity index (χ4n) is 6.50. The Morgan fingerprint density at radius 3 is 2.14 bits per heavy atom. The number of hydrogen-bond donors (Lipinski definition) is 2. The smallest absolute Gasteiger partial charge is 0.306 e. The summed E-state index contributed by atoms with van der Waals surface area (Å²) in [5.74, 6) is -1.46.